The Balaban J connectivity index is 3.31. The molecule has 0 saturated carbocycles. The number of nitrogens with zero attached hydrogens (tertiary/aromatic N) is 1. The molecule has 0 bridgehead atoms. The first kappa shape index (κ1) is 9.24. The first-order chi connectivity index (χ1) is 5.69. The van der Waals surface area contributed by atoms with Gasteiger partial charge in [0.2, 0.25) is 0 Å². The Morgan fingerprint density at radius 1 is 1.58 bits per heavy atom. The Hall–Kier alpha value is -0.850. The van der Waals surface area contributed by atoms with Crippen LogP contribution in [-0.4, -0.2) is 0 Å². The van der Waals surface area contributed by atoms with E-state index >= 15 is 0 Å². The van der Waals surface area contributed by atoms with Gasteiger partial charge in [0.25, 0.3) is 0 Å². The summed E-state index contributed by atoms with van der Waals surface area (Å²) in [5.41, 5.74) is 8.08. The van der Waals surface area contributed by atoms with E-state index in [1.807, 2.05) is 19.1 Å². The highest BCUT2D eigenvalue weighted by Crippen LogP contribution is 2.20. The Bertz CT molecular complexity index is 339. The lowest BCUT2D eigenvalue weighted by Crippen LogP contribution is -2.00. The minimum absolute atomic E-state index is 0.405. The molecule has 0 fully saturated rings. The first-order valence-corrected chi connectivity index (χ1v) is 4.37. The van der Waals surface area contributed by atoms with Gasteiger partial charge in [0.05, 0.1) is 11.6 Å². The molecule has 3 heteroatoms. The second-order valence-electron chi connectivity index (χ2n) is 2.57. The van der Waals surface area contributed by atoms with E-state index in [0.717, 1.165) is 15.6 Å². The third kappa shape index (κ3) is 1.66. The van der Waals surface area contributed by atoms with Gasteiger partial charge in [0, 0.05) is 11.0 Å². The van der Waals surface area contributed by atoms with Gasteiger partial charge in [-0.1, -0.05) is 15.9 Å². The lowest BCUT2D eigenvalue weighted by atomic mass is 10.1. The molecular weight excluding hydrogens is 216 g/mol. The van der Waals surface area contributed by atoms with E-state index in [-0.39, 0.29) is 0 Å². The molecule has 0 radical (unpaired) electrons. The molecule has 0 aliphatic heterocycles. The molecule has 0 saturated heterocycles. The van der Waals surface area contributed by atoms with Crippen molar-refractivity contribution in [3.05, 3.63) is 33.3 Å². The highest BCUT2D eigenvalue weighted by atomic mass is 79.9. The molecule has 0 heterocycles. The molecule has 0 unspecified atom stereocenters. The average molecular weight is 225 g/mol. The minimum Gasteiger partial charge on any atom is -0.326 e. The van der Waals surface area contributed by atoms with Crippen LogP contribution in [0.1, 0.15) is 16.7 Å². The zero-order valence-electron chi connectivity index (χ0n) is 6.76. The first-order valence-electron chi connectivity index (χ1n) is 3.58. The summed E-state index contributed by atoms with van der Waals surface area (Å²) in [6, 6.07) is 5.85. The number of hydrogen-bond acceptors (Lipinski definition) is 2. The summed E-state index contributed by atoms with van der Waals surface area (Å²) < 4.78 is 1.00. The summed E-state index contributed by atoms with van der Waals surface area (Å²) in [5.74, 6) is 0. The number of nitrogens with two attached hydrogens (primary N) is 1. The standard InChI is InChI=1S/C9H9BrN2/c1-6-2-7(4-11)8(5-12)3-9(6)10/h2-3H,5,12H2,1H3. The van der Waals surface area contributed by atoms with Crippen molar-refractivity contribution in [2.24, 2.45) is 5.73 Å². The second kappa shape index (κ2) is 3.70. The number of rotatable bonds is 1. The SMILES string of the molecule is Cc1cc(C#N)c(CN)cc1Br. The molecule has 1 rings (SSSR count). The topological polar surface area (TPSA) is 49.8 Å². The van der Waals surface area contributed by atoms with Crippen molar-refractivity contribution in [2.45, 2.75) is 13.5 Å². The maximum Gasteiger partial charge on any atom is 0.0995 e. The van der Waals surface area contributed by atoms with Gasteiger partial charge in [0.15, 0.2) is 0 Å². The highest BCUT2D eigenvalue weighted by Gasteiger charge is 2.03. The molecule has 0 spiro atoms. The molecule has 2 nitrogen and oxygen atoms in total. The smallest absolute Gasteiger partial charge is 0.0995 e. The van der Waals surface area contributed by atoms with Crippen LogP contribution in [0, 0.1) is 18.3 Å². The molecule has 0 aliphatic rings. The fourth-order valence-corrected chi connectivity index (χ4v) is 1.39. The quantitative estimate of drug-likeness (QED) is 0.795. The Morgan fingerprint density at radius 2 is 2.25 bits per heavy atom. The average Bonchev–Trinajstić information content (AvgIpc) is 2.09. The summed E-state index contributed by atoms with van der Waals surface area (Å²) in [7, 11) is 0. The molecule has 0 atom stereocenters. The number of hydrogen-bond donors (Lipinski definition) is 1. The third-order valence-electron chi connectivity index (χ3n) is 1.72. The molecule has 1 aromatic rings. The van der Waals surface area contributed by atoms with E-state index in [9.17, 15) is 0 Å². The maximum absolute atomic E-state index is 8.74. The molecule has 62 valence electrons. The second-order valence-corrected chi connectivity index (χ2v) is 3.43. The van der Waals surface area contributed by atoms with Gasteiger partial charge in [-0.15, -0.1) is 0 Å². The predicted octanol–water partition coefficient (Wildman–Crippen LogP) is 2.09. The van der Waals surface area contributed by atoms with Crippen molar-refractivity contribution in [3.8, 4) is 6.07 Å². The summed E-state index contributed by atoms with van der Waals surface area (Å²) in [4.78, 5) is 0. The maximum atomic E-state index is 8.74. The van der Waals surface area contributed by atoms with Crippen LogP contribution >= 0.6 is 15.9 Å². The van der Waals surface area contributed by atoms with Crippen molar-refractivity contribution in [2.75, 3.05) is 0 Å². The van der Waals surface area contributed by atoms with Crippen LogP contribution in [0.2, 0.25) is 0 Å². The lowest BCUT2D eigenvalue weighted by molar-refractivity contribution is 1.06. The fourth-order valence-electron chi connectivity index (χ4n) is 0.996. The zero-order valence-corrected chi connectivity index (χ0v) is 8.35. The monoisotopic (exact) mass is 224 g/mol. The van der Waals surface area contributed by atoms with Crippen LogP contribution in [0.5, 0.6) is 0 Å². The summed E-state index contributed by atoms with van der Waals surface area (Å²) in [6.45, 7) is 2.35. The predicted molar refractivity (Wildman–Crippen MR) is 51.5 cm³/mol. The highest BCUT2D eigenvalue weighted by molar-refractivity contribution is 9.10. The number of benzene rings is 1. The van der Waals surface area contributed by atoms with E-state index in [0.29, 0.717) is 12.1 Å². The van der Waals surface area contributed by atoms with E-state index in [1.54, 1.807) is 0 Å². The molecule has 2 N–H and O–H groups in total. The van der Waals surface area contributed by atoms with Crippen molar-refractivity contribution < 1.29 is 0 Å². The van der Waals surface area contributed by atoms with Gasteiger partial charge < -0.3 is 5.73 Å². The largest absolute Gasteiger partial charge is 0.326 e. The molecule has 0 aliphatic carbocycles. The van der Waals surface area contributed by atoms with Crippen molar-refractivity contribution >= 4 is 15.9 Å². The Kier molecular flexibility index (Phi) is 2.85. The fraction of sp³-hybridized carbons (Fsp3) is 0.222. The van der Waals surface area contributed by atoms with E-state index < -0.39 is 0 Å². The Morgan fingerprint density at radius 3 is 2.75 bits per heavy atom. The lowest BCUT2D eigenvalue weighted by Gasteiger charge is -2.03. The van der Waals surface area contributed by atoms with Gasteiger partial charge in [-0.25, -0.2) is 0 Å². The van der Waals surface area contributed by atoms with Crippen LogP contribution in [-0.2, 0) is 6.54 Å². The van der Waals surface area contributed by atoms with E-state index in [2.05, 4.69) is 22.0 Å². The van der Waals surface area contributed by atoms with Crippen LogP contribution < -0.4 is 5.73 Å². The zero-order chi connectivity index (χ0) is 9.14. The van der Waals surface area contributed by atoms with E-state index in [4.69, 9.17) is 11.0 Å². The van der Waals surface area contributed by atoms with Crippen molar-refractivity contribution in [1.29, 1.82) is 5.26 Å². The molecular formula is C9H9BrN2. The van der Waals surface area contributed by atoms with Crippen LogP contribution in [0.3, 0.4) is 0 Å². The third-order valence-corrected chi connectivity index (χ3v) is 2.58. The van der Waals surface area contributed by atoms with Gasteiger partial charge in [-0.3, -0.25) is 0 Å². The molecule has 12 heavy (non-hydrogen) atoms. The van der Waals surface area contributed by atoms with Crippen LogP contribution in [0.15, 0.2) is 16.6 Å². The van der Waals surface area contributed by atoms with Crippen molar-refractivity contribution in [1.82, 2.24) is 0 Å². The number of halogens is 1. The molecule has 0 amide bonds. The van der Waals surface area contributed by atoms with Gasteiger partial charge in [-0.2, -0.15) is 5.26 Å². The normalized spacial score (nSPS) is 9.50. The summed E-state index contributed by atoms with van der Waals surface area (Å²) in [6.07, 6.45) is 0. The van der Waals surface area contributed by atoms with Gasteiger partial charge in [0.1, 0.15) is 0 Å². The van der Waals surface area contributed by atoms with E-state index in [1.165, 1.54) is 0 Å². The van der Waals surface area contributed by atoms with Gasteiger partial charge in [-0.05, 0) is 30.2 Å². The summed E-state index contributed by atoms with van der Waals surface area (Å²) >= 11 is 3.39. The van der Waals surface area contributed by atoms with Crippen LogP contribution in [0.25, 0.3) is 0 Å². The Labute approximate surface area is 80.1 Å². The van der Waals surface area contributed by atoms with Crippen LogP contribution in [0.4, 0.5) is 0 Å². The van der Waals surface area contributed by atoms with Crippen molar-refractivity contribution in [3.63, 3.8) is 0 Å². The molecule has 0 aromatic heterocycles. The van der Waals surface area contributed by atoms with Gasteiger partial charge >= 0.3 is 0 Å². The summed E-state index contributed by atoms with van der Waals surface area (Å²) in [5, 5.41) is 8.74. The number of aryl methyl sites for hydroxylation is 1. The minimum atomic E-state index is 0.405. The molecule has 1 aromatic carbocycles. The number of nitriles is 1.